The van der Waals surface area contributed by atoms with Gasteiger partial charge in [0, 0.05) is 13.6 Å². The van der Waals surface area contributed by atoms with E-state index in [9.17, 15) is 0 Å². The van der Waals surface area contributed by atoms with Crippen LogP contribution in [0.5, 0.6) is 5.75 Å². The molecule has 1 N–H and O–H groups in total. The summed E-state index contributed by atoms with van der Waals surface area (Å²) in [6, 6.07) is 0. The van der Waals surface area contributed by atoms with E-state index in [1.165, 1.54) is 0 Å². The van der Waals surface area contributed by atoms with Crippen molar-refractivity contribution in [3.8, 4) is 5.75 Å². The summed E-state index contributed by atoms with van der Waals surface area (Å²) < 4.78 is 7.90. The van der Waals surface area contributed by atoms with Gasteiger partial charge in [-0.3, -0.25) is 4.68 Å². The van der Waals surface area contributed by atoms with E-state index in [-0.39, 0.29) is 6.10 Å². The Balaban J connectivity index is 2.76. The Morgan fingerprint density at radius 2 is 2.12 bits per heavy atom. The van der Waals surface area contributed by atoms with Gasteiger partial charge in [0.2, 0.25) is 0 Å². The molecule has 0 aliphatic carbocycles. The first kappa shape index (κ1) is 13.0. The van der Waals surface area contributed by atoms with Crippen LogP contribution in [0.25, 0.3) is 0 Å². The predicted octanol–water partition coefficient (Wildman–Crippen LogP) is 1.80. The largest absolute Gasteiger partial charge is 0.485 e. The Morgan fingerprint density at radius 3 is 2.56 bits per heavy atom. The van der Waals surface area contributed by atoms with Gasteiger partial charge >= 0.3 is 0 Å². The van der Waals surface area contributed by atoms with E-state index in [0.29, 0.717) is 0 Å². The Kier molecular flexibility index (Phi) is 4.80. The van der Waals surface area contributed by atoms with Crippen LogP contribution in [0, 0.1) is 13.8 Å². The minimum Gasteiger partial charge on any atom is -0.485 e. The number of likely N-dealkylation sites (N-methyl/N-ethyl adjacent to an activating group) is 1. The van der Waals surface area contributed by atoms with Gasteiger partial charge in [-0.25, -0.2) is 0 Å². The second kappa shape index (κ2) is 5.89. The standard InChI is InChI=1S/C12H23N3O/c1-6-7-11(8-13-4)16-12-9(2)14-15(5)10(12)3/h11,13H,6-8H2,1-5H3. The lowest BCUT2D eigenvalue weighted by Crippen LogP contribution is -2.29. The van der Waals surface area contributed by atoms with E-state index >= 15 is 0 Å². The topological polar surface area (TPSA) is 39.1 Å². The fourth-order valence-corrected chi connectivity index (χ4v) is 1.84. The van der Waals surface area contributed by atoms with E-state index in [1.807, 2.05) is 32.6 Å². The first-order valence-corrected chi connectivity index (χ1v) is 5.91. The van der Waals surface area contributed by atoms with Gasteiger partial charge in [-0.15, -0.1) is 0 Å². The molecule has 16 heavy (non-hydrogen) atoms. The highest BCUT2D eigenvalue weighted by atomic mass is 16.5. The lowest BCUT2D eigenvalue weighted by atomic mass is 10.2. The molecular weight excluding hydrogens is 202 g/mol. The first-order valence-electron chi connectivity index (χ1n) is 5.91. The van der Waals surface area contributed by atoms with E-state index in [0.717, 1.165) is 36.5 Å². The third-order valence-corrected chi connectivity index (χ3v) is 2.77. The molecule has 1 unspecified atom stereocenters. The highest BCUT2D eigenvalue weighted by Gasteiger charge is 2.15. The van der Waals surface area contributed by atoms with Gasteiger partial charge in [0.05, 0.1) is 5.69 Å². The summed E-state index contributed by atoms with van der Waals surface area (Å²) in [5.74, 6) is 0.941. The summed E-state index contributed by atoms with van der Waals surface area (Å²) in [5, 5.41) is 7.52. The molecule has 0 saturated heterocycles. The summed E-state index contributed by atoms with van der Waals surface area (Å²) in [5.41, 5.74) is 2.06. The van der Waals surface area contributed by atoms with Crippen molar-refractivity contribution < 1.29 is 4.74 Å². The molecule has 1 heterocycles. The Morgan fingerprint density at radius 1 is 1.44 bits per heavy atom. The zero-order valence-corrected chi connectivity index (χ0v) is 11.0. The second-order valence-corrected chi connectivity index (χ2v) is 4.21. The Hall–Kier alpha value is -1.03. The summed E-state index contributed by atoms with van der Waals surface area (Å²) in [4.78, 5) is 0. The molecule has 0 aliphatic rings. The molecule has 1 aromatic rings. The second-order valence-electron chi connectivity index (χ2n) is 4.21. The summed E-state index contributed by atoms with van der Waals surface area (Å²) in [6.45, 7) is 7.08. The maximum absolute atomic E-state index is 6.03. The van der Waals surface area contributed by atoms with Crippen molar-refractivity contribution in [2.24, 2.45) is 7.05 Å². The van der Waals surface area contributed by atoms with E-state index in [4.69, 9.17) is 4.74 Å². The van der Waals surface area contributed by atoms with Crippen LogP contribution in [-0.4, -0.2) is 29.5 Å². The van der Waals surface area contributed by atoms with Crippen molar-refractivity contribution in [2.75, 3.05) is 13.6 Å². The lowest BCUT2D eigenvalue weighted by molar-refractivity contribution is 0.187. The minimum atomic E-state index is 0.233. The predicted molar refractivity (Wildman–Crippen MR) is 65.9 cm³/mol. The zero-order chi connectivity index (χ0) is 12.1. The number of ether oxygens (including phenoxy) is 1. The minimum absolute atomic E-state index is 0.233. The molecular formula is C12H23N3O. The zero-order valence-electron chi connectivity index (χ0n) is 11.0. The number of nitrogens with one attached hydrogen (secondary N) is 1. The molecule has 1 rings (SSSR count). The molecule has 0 aromatic carbocycles. The molecule has 1 atom stereocenters. The fraction of sp³-hybridized carbons (Fsp3) is 0.750. The molecule has 0 amide bonds. The third kappa shape index (κ3) is 2.98. The maximum Gasteiger partial charge on any atom is 0.163 e. The third-order valence-electron chi connectivity index (χ3n) is 2.77. The van der Waals surface area contributed by atoms with Crippen molar-refractivity contribution >= 4 is 0 Å². The number of nitrogens with zero attached hydrogens (tertiary/aromatic N) is 2. The van der Waals surface area contributed by atoms with Crippen LogP contribution in [0.3, 0.4) is 0 Å². The van der Waals surface area contributed by atoms with E-state index < -0.39 is 0 Å². The molecule has 0 radical (unpaired) electrons. The van der Waals surface area contributed by atoms with Gasteiger partial charge in [-0.2, -0.15) is 5.10 Å². The van der Waals surface area contributed by atoms with Gasteiger partial charge in [-0.05, 0) is 27.3 Å². The Labute approximate surface area is 98.0 Å². The first-order chi connectivity index (χ1) is 7.60. The van der Waals surface area contributed by atoms with Crippen LogP contribution < -0.4 is 10.1 Å². The summed E-state index contributed by atoms with van der Waals surface area (Å²) in [6.07, 6.45) is 2.43. The van der Waals surface area contributed by atoms with Crippen LogP contribution in [0.4, 0.5) is 0 Å². The van der Waals surface area contributed by atoms with Crippen LogP contribution in [0.1, 0.15) is 31.2 Å². The van der Waals surface area contributed by atoms with Crippen LogP contribution in [0.2, 0.25) is 0 Å². The highest BCUT2D eigenvalue weighted by Crippen LogP contribution is 2.23. The van der Waals surface area contributed by atoms with Gasteiger partial charge in [-0.1, -0.05) is 13.3 Å². The molecule has 4 nitrogen and oxygen atoms in total. The monoisotopic (exact) mass is 225 g/mol. The SMILES string of the molecule is CCCC(CNC)Oc1c(C)nn(C)c1C. The molecule has 0 saturated carbocycles. The fourth-order valence-electron chi connectivity index (χ4n) is 1.84. The summed E-state index contributed by atoms with van der Waals surface area (Å²) in [7, 11) is 3.90. The van der Waals surface area contributed by atoms with Gasteiger partial charge in [0.1, 0.15) is 11.8 Å². The number of hydrogen-bond donors (Lipinski definition) is 1. The molecule has 92 valence electrons. The molecule has 1 aromatic heterocycles. The van der Waals surface area contributed by atoms with Crippen molar-refractivity contribution in [1.29, 1.82) is 0 Å². The average Bonchev–Trinajstić information content (AvgIpc) is 2.46. The van der Waals surface area contributed by atoms with Crippen molar-refractivity contribution in [2.45, 2.75) is 39.7 Å². The highest BCUT2D eigenvalue weighted by molar-refractivity contribution is 5.31. The maximum atomic E-state index is 6.03. The van der Waals surface area contributed by atoms with E-state index in [2.05, 4.69) is 17.3 Å². The van der Waals surface area contributed by atoms with Crippen LogP contribution >= 0.6 is 0 Å². The number of aromatic nitrogens is 2. The van der Waals surface area contributed by atoms with Crippen LogP contribution in [-0.2, 0) is 7.05 Å². The lowest BCUT2D eigenvalue weighted by Gasteiger charge is -2.18. The summed E-state index contributed by atoms with van der Waals surface area (Å²) >= 11 is 0. The smallest absolute Gasteiger partial charge is 0.163 e. The van der Waals surface area contributed by atoms with Crippen molar-refractivity contribution in [1.82, 2.24) is 15.1 Å². The molecule has 0 fully saturated rings. The van der Waals surface area contributed by atoms with Crippen molar-refractivity contribution in [3.63, 3.8) is 0 Å². The number of aryl methyl sites for hydroxylation is 2. The molecule has 4 heteroatoms. The van der Waals surface area contributed by atoms with Gasteiger partial charge < -0.3 is 10.1 Å². The van der Waals surface area contributed by atoms with Gasteiger partial charge in [0.15, 0.2) is 5.75 Å². The Bertz CT molecular complexity index is 327. The van der Waals surface area contributed by atoms with Gasteiger partial charge in [0.25, 0.3) is 0 Å². The van der Waals surface area contributed by atoms with E-state index in [1.54, 1.807) is 0 Å². The number of rotatable bonds is 6. The average molecular weight is 225 g/mol. The molecule has 0 spiro atoms. The molecule has 0 bridgehead atoms. The van der Waals surface area contributed by atoms with Crippen LogP contribution in [0.15, 0.2) is 0 Å². The quantitative estimate of drug-likeness (QED) is 0.802. The normalized spacial score (nSPS) is 12.8. The number of hydrogen-bond acceptors (Lipinski definition) is 3. The van der Waals surface area contributed by atoms with Crippen molar-refractivity contribution in [3.05, 3.63) is 11.4 Å². The molecule has 0 aliphatic heterocycles.